The summed E-state index contributed by atoms with van der Waals surface area (Å²) in [6, 6.07) is 4.13. The number of halogens is 1. The second-order valence-electron chi connectivity index (χ2n) is 4.59. The monoisotopic (exact) mass is 283 g/mol. The van der Waals surface area contributed by atoms with Crippen LogP contribution in [0.4, 0.5) is 4.39 Å². The van der Waals surface area contributed by atoms with Gasteiger partial charge in [-0.05, 0) is 29.4 Å². The van der Waals surface area contributed by atoms with Crippen molar-refractivity contribution in [1.29, 1.82) is 0 Å². The molecule has 0 bridgehead atoms. The van der Waals surface area contributed by atoms with E-state index in [1.165, 1.54) is 29.2 Å². The van der Waals surface area contributed by atoms with Gasteiger partial charge in [0.1, 0.15) is 5.82 Å². The topological polar surface area (TPSA) is 57.6 Å². The van der Waals surface area contributed by atoms with Crippen LogP contribution in [0.1, 0.15) is 18.0 Å². The van der Waals surface area contributed by atoms with Crippen LogP contribution in [0.25, 0.3) is 0 Å². The summed E-state index contributed by atoms with van der Waals surface area (Å²) in [7, 11) is 0. The molecule has 1 aromatic carbocycles. The summed E-state index contributed by atoms with van der Waals surface area (Å²) in [4.78, 5) is 24.6. The van der Waals surface area contributed by atoms with Crippen molar-refractivity contribution >= 4 is 24.5 Å². The van der Waals surface area contributed by atoms with Crippen molar-refractivity contribution in [2.24, 2.45) is 5.92 Å². The molecule has 0 aliphatic carbocycles. The minimum absolute atomic E-state index is 0.0677. The summed E-state index contributed by atoms with van der Waals surface area (Å²) < 4.78 is 12.9. The first kappa shape index (κ1) is 13.9. The van der Waals surface area contributed by atoms with E-state index in [4.69, 9.17) is 0 Å². The molecule has 0 spiro atoms. The highest BCUT2D eigenvalue weighted by molar-refractivity contribution is 7.80. The smallest absolute Gasteiger partial charge is 0.331 e. The van der Waals surface area contributed by atoms with Crippen molar-refractivity contribution in [3.8, 4) is 0 Å². The zero-order valence-electron chi connectivity index (χ0n) is 10.1. The molecule has 1 saturated heterocycles. The molecule has 4 nitrogen and oxygen atoms in total. The number of carboxylic acids is 1. The van der Waals surface area contributed by atoms with Crippen LogP contribution in [0.3, 0.4) is 0 Å². The van der Waals surface area contributed by atoms with Crippen LogP contribution in [0.5, 0.6) is 0 Å². The SMILES string of the molecule is O=C(O)C(c1ccc(F)cc1)N1CC(CS)CC1=O. The number of nitrogens with zero attached hydrogens (tertiary/aromatic N) is 1. The third kappa shape index (κ3) is 2.89. The quantitative estimate of drug-likeness (QED) is 0.827. The van der Waals surface area contributed by atoms with Crippen molar-refractivity contribution < 1.29 is 19.1 Å². The van der Waals surface area contributed by atoms with Gasteiger partial charge < -0.3 is 10.0 Å². The number of thiol groups is 1. The number of likely N-dealkylation sites (tertiary alicyclic amines) is 1. The number of carbonyl (C=O) groups excluding carboxylic acids is 1. The van der Waals surface area contributed by atoms with E-state index in [1.54, 1.807) is 0 Å². The Labute approximate surface area is 115 Å². The van der Waals surface area contributed by atoms with E-state index >= 15 is 0 Å². The average molecular weight is 283 g/mol. The van der Waals surface area contributed by atoms with Crippen molar-refractivity contribution in [2.75, 3.05) is 12.3 Å². The normalized spacial score (nSPS) is 20.6. The Hall–Kier alpha value is -1.56. The Morgan fingerprint density at radius 3 is 2.58 bits per heavy atom. The zero-order chi connectivity index (χ0) is 14.0. The summed E-state index contributed by atoms with van der Waals surface area (Å²) in [6.45, 7) is 0.372. The van der Waals surface area contributed by atoms with Gasteiger partial charge in [0, 0.05) is 13.0 Å². The number of rotatable bonds is 4. The lowest BCUT2D eigenvalue weighted by molar-refractivity contribution is -0.148. The van der Waals surface area contributed by atoms with E-state index in [9.17, 15) is 19.1 Å². The third-order valence-corrected chi connectivity index (χ3v) is 3.74. The van der Waals surface area contributed by atoms with Gasteiger partial charge in [-0.3, -0.25) is 4.79 Å². The number of carbonyl (C=O) groups is 2. The van der Waals surface area contributed by atoms with Gasteiger partial charge in [-0.15, -0.1) is 0 Å². The van der Waals surface area contributed by atoms with Gasteiger partial charge in [-0.2, -0.15) is 12.6 Å². The summed E-state index contributed by atoms with van der Waals surface area (Å²) >= 11 is 4.14. The molecule has 102 valence electrons. The molecular weight excluding hydrogens is 269 g/mol. The fraction of sp³-hybridized carbons (Fsp3) is 0.385. The molecular formula is C13H14FNO3S. The van der Waals surface area contributed by atoms with Crippen LogP contribution in [-0.4, -0.2) is 34.2 Å². The molecule has 1 amide bonds. The number of hydrogen-bond acceptors (Lipinski definition) is 3. The first-order valence-electron chi connectivity index (χ1n) is 5.91. The molecule has 0 radical (unpaired) electrons. The molecule has 0 aromatic heterocycles. The summed E-state index contributed by atoms with van der Waals surface area (Å²) in [5.74, 6) is -1.14. The lowest BCUT2D eigenvalue weighted by Crippen LogP contribution is -2.35. The van der Waals surface area contributed by atoms with Crippen LogP contribution in [0.15, 0.2) is 24.3 Å². The second kappa shape index (κ2) is 5.61. The van der Waals surface area contributed by atoms with Crippen molar-refractivity contribution in [2.45, 2.75) is 12.5 Å². The van der Waals surface area contributed by atoms with E-state index in [0.29, 0.717) is 24.3 Å². The molecule has 2 unspecified atom stereocenters. The molecule has 6 heteroatoms. The van der Waals surface area contributed by atoms with Crippen molar-refractivity contribution in [3.63, 3.8) is 0 Å². The van der Waals surface area contributed by atoms with Crippen LogP contribution in [0.2, 0.25) is 0 Å². The highest BCUT2D eigenvalue weighted by atomic mass is 32.1. The molecule has 1 fully saturated rings. The summed E-state index contributed by atoms with van der Waals surface area (Å²) in [5.41, 5.74) is 0.405. The Kier molecular flexibility index (Phi) is 4.09. The van der Waals surface area contributed by atoms with E-state index in [-0.39, 0.29) is 11.8 Å². The molecule has 1 N–H and O–H groups in total. The summed E-state index contributed by atoms with van der Waals surface area (Å²) in [5, 5.41) is 9.33. The lowest BCUT2D eigenvalue weighted by Gasteiger charge is -2.25. The van der Waals surface area contributed by atoms with Crippen LogP contribution in [0, 0.1) is 11.7 Å². The number of benzene rings is 1. The molecule has 2 atom stereocenters. The maximum absolute atomic E-state index is 12.9. The largest absolute Gasteiger partial charge is 0.479 e. The van der Waals surface area contributed by atoms with E-state index in [0.717, 1.165) is 0 Å². The first-order chi connectivity index (χ1) is 9.02. The molecule has 19 heavy (non-hydrogen) atoms. The predicted octanol–water partition coefficient (Wildman–Crippen LogP) is 1.73. The third-order valence-electron chi connectivity index (χ3n) is 3.23. The van der Waals surface area contributed by atoms with Crippen molar-refractivity contribution in [1.82, 2.24) is 4.90 Å². The number of aliphatic carboxylic acids is 1. The standard InChI is InChI=1S/C13H14FNO3S/c14-10-3-1-9(2-4-10)12(13(17)18)15-6-8(7-19)5-11(15)16/h1-4,8,12,19H,5-7H2,(H,17,18). The number of carboxylic acid groups (broad SMARTS) is 1. The average Bonchev–Trinajstić information content (AvgIpc) is 2.73. The van der Waals surface area contributed by atoms with Gasteiger partial charge in [0.05, 0.1) is 0 Å². The Bertz CT molecular complexity index is 491. The van der Waals surface area contributed by atoms with Crippen LogP contribution in [-0.2, 0) is 9.59 Å². The maximum atomic E-state index is 12.9. The Morgan fingerprint density at radius 2 is 2.11 bits per heavy atom. The lowest BCUT2D eigenvalue weighted by atomic mass is 10.1. The maximum Gasteiger partial charge on any atom is 0.331 e. The molecule has 0 saturated carbocycles. The number of hydrogen-bond donors (Lipinski definition) is 2. The summed E-state index contributed by atoms with van der Waals surface area (Å²) in [6.07, 6.45) is 0.314. The number of amides is 1. The van der Waals surface area contributed by atoms with E-state index < -0.39 is 17.8 Å². The highest BCUT2D eigenvalue weighted by Crippen LogP contribution is 2.29. The van der Waals surface area contributed by atoms with Crippen molar-refractivity contribution in [3.05, 3.63) is 35.6 Å². The van der Waals surface area contributed by atoms with Crippen LogP contribution >= 0.6 is 12.6 Å². The second-order valence-corrected chi connectivity index (χ2v) is 4.96. The fourth-order valence-electron chi connectivity index (χ4n) is 2.28. The van der Waals surface area contributed by atoms with Gasteiger partial charge in [0.15, 0.2) is 6.04 Å². The Balaban J connectivity index is 2.28. The highest BCUT2D eigenvalue weighted by Gasteiger charge is 2.37. The minimum Gasteiger partial charge on any atom is -0.479 e. The molecule has 1 aromatic rings. The van der Waals surface area contributed by atoms with E-state index in [1.807, 2.05) is 0 Å². The van der Waals surface area contributed by atoms with E-state index in [2.05, 4.69) is 12.6 Å². The molecule has 2 rings (SSSR count). The first-order valence-corrected chi connectivity index (χ1v) is 6.54. The molecule has 1 aliphatic rings. The van der Waals surface area contributed by atoms with Gasteiger partial charge in [-0.1, -0.05) is 12.1 Å². The van der Waals surface area contributed by atoms with Gasteiger partial charge in [0.25, 0.3) is 0 Å². The predicted molar refractivity (Wildman–Crippen MR) is 70.4 cm³/mol. The fourth-order valence-corrected chi connectivity index (χ4v) is 2.53. The van der Waals surface area contributed by atoms with Gasteiger partial charge in [0.2, 0.25) is 5.91 Å². The van der Waals surface area contributed by atoms with Crippen LogP contribution < -0.4 is 0 Å². The molecule has 1 heterocycles. The minimum atomic E-state index is -1.11. The van der Waals surface area contributed by atoms with Gasteiger partial charge in [-0.25, -0.2) is 9.18 Å². The van der Waals surface area contributed by atoms with Gasteiger partial charge >= 0.3 is 5.97 Å². The zero-order valence-corrected chi connectivity index (χ0v) is 11.0. The Morgan fingerprint density at radius 1 is 1.47 bits per heavy atom. The molecule has 1 aliphatic heterocycles.